The number of amides is 2. The summed E-state index contributed by atoms with van der Waals surface area (Å²) < 4.78 is 6.26. The molecule has 0 aliphatic carbocycles. The molecular weight excluding hydrogens is 384 g/mol. The van der Waals surface area contributed by atoms with Crippen molar-refractivity contribution in [2.75, 3.05) is 10.6 Å². The molecule has 2 amide bonds. The van der Waals surface area contributed by atoms with Gasteiger partial charge in [0.1, 0.15) is 5.75 Å². The molecular formula is C16H12BrClN2O3. The second-order valence-corrected chi connectivity index (χ2v) is 6.36. The Morgan fingerprint density at radius 3 is 2.83 bits per heavy atom. The van der Waals surface area contributed by atoms with Crippen LogP contribution in [-0.2, 0) is 4.79 Å². The Kier molecular flexibility index (Phi) is 4.28. The maximum absolute atomic E-state index is 12.3. The minimum atomic E-state index is -0.537. The van der Waals surface area contributed by atoms with Crippen LogP contribution in [0.5, 0.6) is 5.75 Å². The van der Waals surface area contributed by atoms with Crippen molar-refractivity contribution in [3.63, 3.8) is 0 Å². The van der Waals surface area contributed by atoms with E-state index in [9.17, 15) is 9.59 Å². The normalized spacial score (nSPS) is 16.1. The lowest BCUT2D eigenvalue weighted by Gasteiger charge is -2.23. The Hall–Kier alpha value is -2.05. The number of hydrogen-bond donors (Lipinski definition) is 2. The van der Waals surface area contributed by atoms with E-state index in [4.69, 9.17) is 16.3 Å². The zero-order valence-electron chi connectivity index (χ0n) is 12.0. The summed E-state index contributed by atoms with van der Waals surface area (Å²) in [5.41, 5.74) is 1.42. The molecule has 1 aliphatic rings. The number of ether oxygens (including phenoxy) is 1. The van der Waals surface area contributed by atoms with Crippen LogP contribution in [0.15, 0.2) is 40.9 Å². The monoisotopic (exact) mass is 394 g/mol. The van der Waals surface area contributed by atoms with Crippen LogP contribution in [-0.4, -0.2) is 17.9 Å². The van der Waals surface area contributed by atoms with Gasteiger partial charge in [0.15, 0.2) is 6.10 Å². The van der Waals surface area contributed by atoms with Gasteiger partial charge in [-0.25, -0.2) is 0 Å². The molecule has 0 bridgehead atoms. The molecule has 2 aromatic rings. The average molecular weight is 396 g/mol. The second-order valence-electron chi connectivity index (χ2n) is 5.04. The molecule has 118 valence electrons. The van der Waals surface area contributed by atoms with E-state index in [1.165, 1.54) is 0 Å². The SMILES string of the molecule is CC1Oc2ccc(NC(=O)c3ccc(Br)cc3Cl)cc2NC1=O. The molecule has 23 heavy (non-hydrogen) atoms. The third kappa shape index (κ3) is 3.33. The number of halogens is 2. The lowest BCUT2D eigenvalue weighted by Crippen LogP contribution is -2.34. The highest BCUT2D eigenvalue weighted by Crippen LogP contribution is 2.32. The molecule has 2 N–H and O–H groups in total. The van der Waals surface area contributed by atoms with Gasteiger partial charge in [0.05, 0.1) is 16.3 Å². The van der Waals surface area contributed by atoms with Crippen LogP contribution in [0, 0.1) is 0 Å². The zero-order chi connectivity index (χ0) is 16.6. The molecule has 0 saturated carbocycles. The fraction of sp³-hybridized carbons (Fsp3) is 0.125. The number of carbonyl (C=O) groups is 2. The van der Waals surface area contributed by atoms with Gasteiger partial charge in [0.25, 0.3) is 11.8 Å². The van der Waals surface area contributed by atoms with E-state index >= 15 is 0 Å². The zero-order valence-corrected chi connectivity index (χ0v) is 14.4. The first-order valence-electron chi connectivity index (χ1n) is 6.82. The molecule has 1 unspecified atom stereocenters. The number of nitrogens with one attached hydrogen (secondary N) is 2. The van der Waals surface area contributed by atoms with E-state index in [0.717, 1.165) is 4.47 Å². The summed E-state index contributed by atoms with van der Waals surface area (Å²) >= 11 is 9.37. The van der Waals surface area contributed by atoms with Gasteiger partial charge in [-0.15, -0.1) is 0 Å². The van der Waals surface area contributed by atoms with E-state index in [2.05, 4.69) is 26.6 Å². The van der Waals surface area contributed by atoms with Crippen molar-refractivity contribution in [1.82, 2.24) is 0 Å². The van der Waals surface area contributed by atoms with E-state index < -0.39 is 6.10 Å². The Morgan fingerprint density at radius 1 is 1.30 bits per heavy atom. The molecule has 1 heterocycles. The number of fused-ring (bicyclic) bond motifs is 1. The van der Waals surface area contributed by atoms with Gasteiger partial charge < -0.3 is 15.4 Å². The summed E-state index contributed by atoms with van der Waals surface area (Å²) in [6.45, 7) is 1.67. The summed E-state index contributed by atoms with van der Waals surface area (Å²) in [5, 5.41) is 5.83. The maximum Gasteiger partial charge on any atom is 0.265 e. The summed E-state index contributed by atoms with van der Waals surface area (Å²) in [4.78, 5) is 23.9. The van der Waals surface area contributed by atoms with Gasteiger partial charge in [0.2, 0.25) is 0 Å². The first kappa shape index (κ1) is 15.8. The van der Waals surface area contributed by atoms with Gasteiger partial charge >= 0.3 is 0 Å². The standard InChI is InChI=1S/C16H12BrClN2O3/c1-8-15(21)20-13-7-10(3-5-14(13)23-8)19-16(22)11-4-2-9(17)6-12(11)18/h2-8H,1H3,(H,19,22)(H,20,21). The van der Waals surface area contributed by atoms with Crippen molar-refractivity contribution in [2.45, 2.75) is 13.0 Å². The third-order valence-electron chi connectivity index (χ3n) is 3.34. The first-order valence-corrected chi connectivity index (χ1v) is 7.99. The highest BCUT2D eigenvalue weighted by atomic mass is 79.9. The molecule has 0 fully saturated rings. The number of carbonyl (C=O) groups excluding carboxylic acids is 2. The van der Waals surface area contributed by atoms with Gasteiger partial charge in [-0.3, -0.25) is 9.59 Å². The number of anilines is 2. The van der Waals surface area contributed by atoms with Crippen molar-refractivity contribution >= 4 is 50.7 Å². The Balaban J connectivity index is 1.82. The van der Waals surface area contributed by atoms with E-state index in [-0.39, 0.29) is 11.8 Å². The summed E-state index contributed by atoms with van der Waals surface area (Å²) in [5.74, 6) is 0.00701. The van der Waals surface area contributed by atoms with E-state index in [0.29, 0.717) is 27.7 Å². The molecule has 5 nitrogen and oxygen atoms in total. The van der Waals surface area contributed by atoms with Crippen LogP contribution in [0.25, 0.3) is 0 Å². The largest absolute Gasteiger partial charge is 0.479 e. The molecule has 0 saturated heterocycles. The maximum atomic E-state index is 12.3. The van der Waals surface area contributed by atoms with Crippen LogP contribution in [0.4, 0.5) is 11.4 Å². The van der Waals surface area contributed by atoms with Crippen LogP contribution in [0.1, 0.15) is 17.3 Å². The summed E-state index contributed by atoms with van der Waals surface area (Å²) in [6.07, 6.45) is -0.537. The first-order chi connectivity index (χ1) is 10.9. The van der Waals surface area contributed by atoms with Gasteiger partial charge in [-0.2, -0.15) is 0 Å². The number of benzene rings is 2. The molecule has 0 spiro atoms. The molecule has 2 aromatic carbocycles. The quantitative estimate of drug-likeness (QED) is 0.805. The smallest absolute Gasteiger partial charge is 0.265 e. The van der Waals surface area contributed by atoms with Crippen molar-refractivity contribution in [3.05, 3.63) is 51.5 Å². The fourth-order valence-corrected chi connectivity index (χ4v) is 2.92. The fourth-order valence-electron chi connectivity index (χ4n) is 2.16. The minimum absolute atomic E-state index is 0.225. The number of hydrogen-bond acceptors (Lipinski definition) is 3. The van der Waals surface area contributed by atoms with Gasteiger partial charge in [-0.1, -0.05) is 27.5 Å². The third-order valence-corrected chi connectivity index (χ3v) is 4.15. The average Bonchev–Trinajstić information content (AvgIpc) is 2.48. The Labute approximate surface area is 146 Å². The molecule has 1 atom stereocenters. The predicted molar refractivity (Wildman–Crippen MR) is 92.3 cm³/mol. The minimum Gasteiger partial charge on any atom is -0.479 e. The van der Waals surface area contributed by atoms with E-state index in [1.54, 1.807) is 43.3 Å². The summed E-state index contributed by atoms with van der Waals surface area (Å²) in [6, 6.07) is 10.1. The van der Waals surface area contributed by atoms with Crippen molar-refractivity contribution in [1.29, 1.82) is 0 Å². The molecule has 0 radical (unpaired) electrons. The lowest BCUT2D eigenvalue weighted by atomic mass is 10.2. The molecule has 3 rings (SSSR count). The predicted octanol–water partition coefficient (Wildman–Crippen LogP) is 4.07. The summed E-state index contributed by atoms with van der Waals surface area (Å²) in [7, 11) is 0. The lowest BCUT2D eigenvalue weighted by molar-refractivity contribution is -0.122. The Bertz CT molecular complexity index is 810. The van der Waals surface area contributed by atoms with Crippen LogP contribution < -0.4 is 15.4 Å². The van der Waals surface area contributed by atoms with Crippen LogP contribution in [0.3, 0.4) is 0 Å². The van der Waals surface area contributed by atoms with Crippen LogP contribution in [0.2, 0.25) is 5.02 Å². The van der Waals surface area contributed by atoms with Crippen molar-refractivity contribution in [3.8, 4) is 5.75 Å². The Morgan fingerprint density at radius 2 is 2.09 bits per heavy atom. The highest BCUT2D eigenvalue weighted by molar-refractivity contribution is 9.10. The molecule has 1 aliphatic heterocycles. The van der Waals surface area contributed by atoms with Gasteiger partial charge in [0, 0.05) is 10.2 Å². The van der Waals surface area contributed by atoms with E-state index in [1.807, 2.05) is 0 Å². The number of rotatable bonds is 2. The second kappa shape index (κ2) is 6.22. The highest BCUT2D eigenvalue weighted by Gasteiger charge is 2.23. The van der Waals surface area contributed by atoms with Crippen LogP contribution >= 0.6 is 27.5 Å². The van der Waals surface area contributed by atoms with Crippen molar-refractivity contribution in [2.24, 2.45) is 0 Å². The van der Waals surface area contributed by atoms with Gasteiger partial charge in [-0.05, 0) is 43.3 Å². The van der Waals surface area contributed by atoms with Crippen molar-refractivity contribution < 1.29 is 14.3 Å². The molecule has 7 heteroatoms. The topological polar surface area (TPSA) is 67.4 Å². The molecule has 0 aromatic heterocycles.